The minimum absolute atomic E-state index is 0.0414. The number of amides is 1. The largest absolute Gasteiger partial charge is 0.350 e. The summed E-state index contributed by atoms with van der Waals surface area (Å²) in [6.45, 7) is 1.96. The summed E-state index contributed by atoms with van der Waals surface area (Å²) in [4.78, 5) is 16.5. The smallest absolute Gasteiger partial charge is 0.227 e. The maximum atomic E-state index is 12.2. The number of benzene rings is 2. The second-order valence-electron chi connectivity index (χ2n) is 6.11. The fraction of sp³-hybridized carbons (Fsp3) is 0.250. The van der Waals surface area contributed by atoms with Gasteiger partial charge in [-0.2, -0.15) is 4.98 Å². The summed E-state index contributed by atoms with van der Waals surface area (Å²) in [5.41, 5.74) is 2.18. The summed E-state index contributed by atoms with van der Waals surface area (Å²) in [7, 11) is 0. The van der Waals surface area contributed by atoms with E-state index in [1.54, 1.807) is 0 Å². The zero-order valence-electron chi connectivity index (χ0n) is 14.5. The van der Waals surface area contributed by atoms with Crippen LogP contribution in [0.25, 0.3) is 0 Å². The average Bonchev–Trinajstić information content (AvgIpc) is 3.08. The Bertz CT molecular complexity index is 864. The molecule has 0 aliphatic carbocycles. The Morgan fingerprint density at radius 1 is 1.19 bits per heavy atom. The summed E-state index contributed by atoms with van der Waals surface area (Å²) < 4.78 is 6.24. The van der Waals surface area contributed by atoms with Gasteiger partial charge in [-0.25, -0.2) is 0 Å². The molecule has 1 aromatic heterocycles. The first-order valence-corrected chi connectivity index (χ1v) is 9.29. The van der Waals surface area contributed by atoms with Crippen LogP contribution in [0.4, 0.5) is 0 Å². The van der Waals surface area contributed by atoms with E-state index in [1.807, 2.05) is 61.5 Å². The average molecular weight is 414 g/mol. The van der Waals surface area contributed by atoms with Gasteiger partial charge in [0, 0.05) is 23.7 Å². The fourth-order valence-electron chi connectivity index (χ4n) is 2.64. The molecule has 1 heterocycles. The summed E-state index contributed by atoms with van der Waals surface area (Å²) in [6.07, 6.45) is 1.36. The number of nitrogens with zero attached hydrogens (tertiary/aromatic N) is 2. The number of carbonyl (C=O) groups is 1. The maximum Gasteiger partial charge on any atom is 0.227 e. The molecule has 1 atom stereocenters. The van der Waals surface area contributed by atoms with E-state index in [2.05, 4.69) is 31.4 Å². The number of aromatic nitrogens is 2. The van der Waals surface area contributed by atoms with Gasteiger partial charge in [0.25, 0.3) is 0 Å². The molecular formula is C20H20BrN3O2. The standard InChI is InChI=1S/C20H20BrN3O2/c1-14(16-8-5-9-17(21)13-16)22-19(25)10-11-20-23-18(24-26-20)12-15-6-3-2-4-7-15/h2-9,13-14H,10-12H2,1H3,(H,22,25)/t14-/m0/s1. The molecule has 3 rings (SSSR count). The fourth-order valence-corrected chi connectivity index (χ4v) is 3.05. The zero-order chi connectivity index (χ0) is 18.4. The van der Waals surface area contributed by atoms with Gasteiger partial charge in [0.15, 0.2) is 5.82 Å². The third kappa shape index (κ3) is 5.26. The quantitative estimate of drug-likeness (QED) is 0.628. The maximum absolute atomic E-state index is 12.2. The Balaban J connectivity index is 1.49. The van der Waals surface area contributed by atoms with Crippen LogP contribution in [-0.4, -0.2) is 16.0 Å². The van der Waals surface area contributed by atoms with Crippen molar-refractivity contribution >= 4 is 21.8 Å². The normalized spacial score (nSPS) is 11.9. The van der Waals surface area contributed by atoms with Crippen molar-refractivity contribution in [2.75, 3.05) is 0 Å². The van der Waals surface area contributed by atoms with Crippen molar-refractivity contribution in [2.24, 2.45) is 0 Å². The first kappa shape index (κ1) is 18.3. The lowest BCUT2D eigenvalue weighted by atomic mass is 10.1. The first-order valence-electron chi connectivity index (χ1n) is 8.50. The van der Waals surface area contributed by atoms with Crippen LogP contribution in [0.15, 0.2) is 63.6 Å². The van der Waals surface area contributed by atoms with Crippen molar-refractivity contribution in [1.82, 2.24) is 15.5 Å². The van der Waals surface area contributed by atoms with Crippen molar-refractivity contribution in [1.29, 1.82) is 0 Å². The van der Waals surface area contributed by atoms with Gasteiger partial charge >= 0.3 is 0 Å². The minimum atomic E-state index is -0.0590. The first-order chi connectivity index (χ1) is 12.6. The monoisotopic (exact) mass is 413 g/mol. The van der Waals surface area contributed by atoms with E-state index < -0.39 is 0 Å². The van der Waals surface area contributed by atoms with Crippen LogP contribution in [0.2, 0.25) is 0 Å². The Morgan fingerprint density at radius 2 is 2.00 bits per heavy atom. The molecule has 5 nitrogen and oxygen atoms in total. The Hall–Kier alpha value is -2.47. The van der Waals surface area contributed by atoms with Gasteiger partial charge in [-0.3, -0.25) is 4.79 Å². The molecule has 0 saturated carbocycles. The van der Waals surface area contributed by atoms with E-state index in [4.69, 9.17) is 4.52 Å². The van der Waals surface area contributed by atoms with Crippen molar-refractivity contribution in [3.63, 3.8) is 0 Å². The van der Waals surface area contributed by atoms with Gasteiger partial charge in [0.1, 0.15) is 0 Å². The number of nitrogens with one attached hydrogen (secondary N) is 1. The number of hydrogen-bond acceptors (Lipinski definition) is 4. The Morgan fingerprint density at radius 3 is 2.77 bits per heavy atom. The van der Waals surface area contributed by atoms with E-state index in [0.29, 0.717) is 31.0 Å². The van der Waals surface area contributed by atoms with Crippen LogP contribution in [-0.2, 0) is 17.6 Å². The van der Waals surface area contributed by atoms with E-state index in [9.17, 15) is 4.79 Å². The number of carbonyl (C=O) groups excluding carboxylic acids is 1. The van der Waals surface area contributed by atoms with Crippen LogP contribution < -0.4 is 5.32 Å². The zero-order valence-corrected chi connectivity index (χ0v) is 16.1. The molecule has 134 valence electrons. The van der Waals surface area contributed by atoms with Gasteiger partial charge in [-0.15, -0.1) is 0 Å². The molecule has 0 aliphatic heterocycles. The van der Waals surface area contributed by atoms with Crippen LogP contribution in [0.5, 0.6) is 0 Å². The number of rotatable bonds is 7. The van der Waals surface area contributed by atoms with E-state index in [0.717, 1.165) is 15.6 Å². The van der Waals surface area contributed by atoms with Crippen LogP contribution in [0.1, 0.15) is 42.2 Å². The molecule has 3 aromatic rings. The predicted molar refractivity (Wildman–Crippen MR) is 103 cm³/mol. The van der Waals surface area contributed by atoms with E-state index >= 15 is 0 Å². The minimum Gasteiger partial charge on any atom is -0.350 e. The molecule has 1 N–H and O–H groups in total. The lowest BCUT2D eigenvalue weighted by Crippen LogP contribution is -2.26. The third-order valence-corrected chi connectivity index (χ3v) is 4.50. The lowest BCUT2D eigenvalue weighted by molar-refractivity contribution is -0.121. The topological polar surface area (TPSA) is 68.0 Å². The lowest BCUT2D eigenvalue weighted by Gasteiger charge is -2.14. The molecule has 6 heteroatoms. The molecule has 0 spiro atoms. The van der Waals surface area contributed by atoms with Crippen molar-refractivity contribution in [3.8, 4) is 0 Å². The van der Waals surface area contributed by atoms with Crippen molar-refractivity contribution < 1.29 is 9.32 Å². The number of hydrogen-bond donors (Lipinski definition) is 1. The van der Waals surface area contributed by atoms with Crippen LogP contribution in [0, 0.1) is 0 Å². The number of halogens is 1. The molecule has 0 radical (unpaired) electrons. The van der Waals surface area contributed by atoms with Gasteiger partial charge in [0.2, 0.25) is 11.8 Å². The van der Waals surface area contributed by atoms with Crippen molar-refractivity contribution in [3.05, 3.63) is 81.9 Å². The molecular weight excluding hydrogens is 394 g/mol. The highest BCUT2D eigenvalue weighted by Crippen LogP contribution is 2.18. The molecule has 0 fully saturated rings. The summed E-state index contributed by atoms with van der Waals surface area (Å²) >= 11 is 3.44. The van der Waals surface area contributed by atoms with Gasteiger partial charge in [-0.1, -0.05) is 63.6 Å². The Labute approximate surface area is 160 Å². The molecule has 0 unspecified atom stereocenters. The number of aryl methyl sites for hydroxylation is 1. The second kappa shape index (κ2) is 8.76. The highest BCUT2D eigenvalue weighted by Gasteiger charge is 2.13. The van der Waals surface area contributed by atoms with Crippen LogP contribution in [0.3, 0.4) is 0 Å². The molecule has 1 amide bonds. The Kier molecular flexibility index (Phi) is 6.17. The van der Waals surface area contributed by atoms with Gasteiger partial charge < -0.3 is 9.84 Å². The van der Waals surface area contributed by atoms with E-state index in [1.165, 1.54) is 0 Å². The molecule has 2 aromatic carbocycles. The van der Waals surface area contributed by atoms with Crippen molar-refractivity contribution in [2.45, 2.75) is 32.2 Å². The van der Waals surface area contributed by atoms with Crippen LogP contribution >= 0.6 is 15.9 Å². The summed E-state index contributed by atoms with van der Waals surface area (Å²) in [5, 5.41) is 6.98. The highest BCUT2D eigenvalue weighted by atomic mass is 79.9. The van der Waals surface area contributed by atoms with Gasteiger partial charge in [-0.05, 0) is 30.2 Å². The molecule has 26 heavy (non-hydrogen) atoms. The molecule has 0 saturated heterocycles. The SMILES string of the molecule is C[C@H](NC(=O)CCc1nc(Cc2ccccc2)no1)c1cccc(Br)c1. The highest BCUT2D eigenvalue weighted by molar-refractivity contribution is 9.10. The second-order valence-corrected chi connectivity index (χ2v) is 7.03. The summed E-state index contributed by atoms with van der Waals surface area (Å²) in [6, 6.07) is 17.8. The van der Waals surface area contributed by atoms with Gasteiger partial charge in [0.05, 0.1) is 6.04 Å². The summed E-state index contributed by atoms with van der Waals surface area (Å²) in [5.74, 6) is 1.08. The molecule has 0 bridgehead atoms. The predicted octanol–water partition coefficient (Wildman–Crippen LogP) is 4.23. The molecule has 0 aliphatic rings. The van der Waals surface area contributed by atoms with E-state index in [-0.39, 0.29) is 11.9 Å². The third-order valence-electron chi connectivity index (χ3n) is 4.01.